The molecule has 2 amide bonds. The summed E-state index contributed by atoms with van der Waals surface area (Å²) in [6.07, 6.45) is 2.62. The van der Waals surface area contributed by atoms with Gasteiger partial charge in [-0.05, 0) is 50.8 Å². The zero-order valence-electron chi connectivity index (χ0n) is 15.4. The van der Waals surface area contributed by atoms with Gasteiger partial charge in [0.25, 0.3) is 0 Å². The molecule has 2 rings (SSSR count). The third-order valence-corrected chi connectivity index (χ3v) is 4.62. The molecule has 4 nitrogen and oxygen atoms in total. The fourth-order valence-electron chi connectivity index (χ4n) is 3.31. The van der Waals surface area contributed by atoms with Gasteiger partial charge in [0, 0.05) is 25.3 Å². The van der Waals surface area contributed by atoms with Crippen LogP contribution < -0.4 is 4.90 Å². The Kier molecular flexibility index (Phi) is 6.41. The van der Waals surface area contributed by atoms with Crippen molar-refractivity contribution in [2.45, 2.75) is 47.0 Å². The number of hydrogen-bond donors (Lipinski definition) is 0. The van der Waals surface area contributed by atoms with Gasteiger partial charge in [0.2, 0.25) is 11.8 Å². The molecular formula is C20H30N2O2. The molecule has 1 aromatic rings. The van der Waals surface area contributed by atoms with Crippen LogP contribution in [0.4, 0.5) is 5.69 Å². The molecule has 1 aliphatic carbocycles. The number of hydrogen-bond acceptors (Lipinski definition) is 2. The van der Waals surface area contributed by atoms with Crippen molar-refractivity contribution in [1.82, 2.24) is 4.90 Å². The molecule has 2 atom stereocenters. The first kappa shape index (κ1) is 18.5. The summed E-state index contributed by atoms with van der Waals surface area (Å²) in [5.41, 5.74) is 2.07. The molecule has 0 radical (unpaired) electrons. The maximum atomic E-state index is 12.9. The van der Waals surface area contributed by atoms with Crippen molar-refractivity contribution < 1.29 is 9.59 Å². The first-order chi connectivity index (χ1) is 11.5. The van der Waals surface area contributed by atoms with Crippen LogP contribution in [0.5, 0.6) is 0 Å². The van der Waals surface area contributed by atoms with Gasteiger partial charge in [-0.1, -0.05) is 26.0 Å². The lowest BCUT2D eigenvalue weighted by Gasteiger charge is -2.23. The number of carbonyl (C=O) groups is 2. The summed E-state index contributed by atoms with van der Waals surface area (Å²) in [7, 11) is 0. The number of aryl methyl sites for hydroxylation is 1. The number of nitrogens with zero attached hydrogens (tertiary/aromatic N) is 2. The average Bonchev–Trinajstić information content (AvgIpc) is 3.35. The molecule has 1 saturated carbocycles. The number of rotatable bonds is 8. The standard InChI is InChI=1S/C20H30N2O2/c1-5-11-21(12-6-2)19(23)17-14-18(17)20(24)22(7-3)16-10-8-9-15(4)13-16/h8-10,13,17-18H,5-7,11-12,14H2,1-4H3. The molecule has 4 heteroatoms. The molecule has 0 bridgehead atoms. The van der Waals surface area contributed by atoms with Crippen molar-refractivity contribution in [3.8, 4) is 0 Å². The molecule has 1 aromatic carbocycles. The highest BCUT2D eigenvalue weighted by Gasteiger charge is 2.50. The minimum Gasteiger partial charge on any atom is -0.342 e. The Morgan fingerprint density at radius 1 is 1.04 bits per heavy atom. The van der Waals surface area contributed by atoms with Crippen LogP contribution >= 0.6 is 0 Å². The van der Waals surface area contributed by atoms with Crippen molar-refractivity contribution in [1.29, 1.82) is 0 Å². The first-order valence-corrected chi connectivity index (χ1v) is 9.20. The molecule has 0 N–H and O–H groups in total. The van der Waals surface area contributed by atoms with E-state index in [1.807, 2.05) is 47.9 Å². The van der Waals surface area contributed by atoms with Crippen molar-refractivity contribution in [2.24, 2.45) is 11.8 Å². The summed E-state index contributed by atoms with van der Waals surface area (Å²) < 4.78 is 0. The summed E-state index contributed by atoms with van der Waals surface area (Å²) in [5, 5.41) is 0. The van der Waals surface area contributed by atoms with E-state index in [9.17, 15) is 9.59 Å². The smallest absolute Gasteiger partial charge is 0.230 e. The second-order valence-electron chi connectivity index (χ2n) is 6.70. The highest BCUT2D eigenvalue weighted by Crippen LogP contribution is 2.42. The number of amides is 2. The summed E-state index contributed by atoms with van der Waals surface area (Å²) in [6, 6.07) is 7.99. The van der Waals surface area contributed by atoms with Crippen LogP contribution in [-0.2, 0) is 9.59 Å². The van der Waals surface area contributed by atoms with E-state index in [0.717, 1.165) is 37.2 Å². The molecule has 132 valence electrons. The normalized spacial score (nSPS) is 19.0. The zero-order chi connectivity index (χ0) is 17.7. The van der Waals surface area contributed by atoms with E-state index in [2.05, 4.69) is 13.8 Å². The minimum absolute atomic E-state index is 0.0920. The quantitative estimate of drug-likeness (QED) is 0.730. The predicted molar refractivity (Wildman–Crippen MR) is 98.0 cm³/mol. The van der Waals surface area contributed by atoms with Crippen LogP contribution in [0.15, 0.2) is 24.3 Å². The van der Waals surface area contributed by atoms with Crippen LogP contribution in [0.1, 0.15) is 45.6 Å². The van der Waals surface area contributed by atoms with E-state index < -0.39 is 0 Å². The molecular weight excluding hydrogens is 300 g/mol. The molecule has 24 heavy (non-hydrogen) atoms. The Bertz CT molecular complexity index is 579. The van der Waals surface area contributed by atoms with Gasteiger partial charge in [-0.3, -0.25) is 9.59 Å². The van der Waals surface area contributed by atoms with E-state index in [-0.39, 0.29) is 23.7 Å². The maximum absolute atomic E-state index is 12.9. The highest BCUT2D eigenvalue weighted by atomic mass is 16.2. The third-order valence-electron chi connectivity index (χ3n) is 4.62. The molecule has 0 heterocycles. The van der Waals surface area contributed by atoms with E-state index in [4.69, 9.17) is 0 Å². The van der Waals surface area contributed by atoms with Gasteiger partial charge < -0.3 is 9.80 Å². The van der Waals surface area contributed by atoms with Crippen LogP contribution in [0.3, 0.4) is 0 Å². The average molecular weight is 330 g/mol. The molecule has 0 aromatic heterocycles. The van der Waals surface area contributed by atoms with E-state index in [1.165, 1.54) is 0 Å². The second-order valence-corrected chi connectivity index (χ2v) is 6.70. The lowest BCUT2D eigenvalue weighted by atomic mass is 10.1. The van der Waals surface area contributed by atoms with E-state index >= 15 is 0 Å². The van der Waals surface area contributed by atoms with Gasteiger partial charge in [0.15, 0.2) is 0 Å². The lowest BCUT2D eigenvalue weighted by molar-refractivity contribution is -0.134. The number of anilines is 1. The first-order valence-electron chi connectivity index (χ1n) is 9.20. The predicted octanol–water partition coefficient (Wildman–Crippen LogP) is 3.63. The van der Waals surface area contributed by atoms with Crippen LogP contribution in [0, 0.1) is 18.8 Å². The van der Waals surface area contributed by atoms with Gasteiger partial charge in [-0.2, -0.15) is 0 Å². The molecule has 0 saturated heterocycles. The van der Waals surface area contributed by atoms with Gasteiger partial charge in [0.05, 0.1) is 11.8 Å². The summed E-state index contributed by atoms with van der Waals surface area (Å²) in [4.78, 5) is 29.3. The fraction of sp³-hybridized carbons (Fsp3) is 0.600. The number of benzene rings is 1. The van der Waals surface area contributed by atoms with Crippen molar-refractivity contribution in [3.63, 3.8) is 0 Å². The Morgan fingerprint density at radius 2 is 1.67 bits per heavy atom. The van der Waals surface area contributed by atoms with Gasteiger partial charge >= 0.3 is 0 Å². The van der Waals surface area contributed by atoms with Gasteiger partial charge in [0.1, 0.15) is 0 Å². The Hall–Kier alpha value is -1.84. The van der Waals surface area contributed by atoms with Crippen LogP contribution in [0.25, 0.3) is 0 Å². The molecule has 0 spiro atoms. The van der Waals surface area contributed by atoms with Gasteiger partial charge in [-0.25, -0.2) is 0 Å². The lowest BCUT2D eigenvalue weighted by Crippen LogP contribution is -2.37. The van der Waals surface area contributed by atoms with Gasteiger partial charge in [-0.15, -0.1) is 0 Å². The molecule has 1 aliphatic rings. The highest BCUT2D eigenvalue weighted by molar-refractivity contribution is 6.01. The summed E-state index contributed by atoms with van der Waals surface area (Å²) in [5.74, 6) is -0.00428. The summed E-state index contributed by atoms with van der Waals surface area (Å²) in [6.45, 7) is 10.4. The Morgan fingerprint density at radius 3 is 2.21 bits per heavy atom. The number of carbonyl (C=O) groups excluding carboxylic acids is 2. The van der Waals surface area contributed by atoms with Crippen molar-refractivity contribution in [3.05, 3.63) is 29.8 Å². The summed E-state index contributed by atoms with van der Waals surface area (Å²) >= 11 is 0. The fourth-order valence-corrected chi connectivity index (χ4v) is 3.31. The SMILES string of the molecule is CCCN(CCC)C(=O)C1CC1C(=O)N(CC)c1cccc(C)c1. The van der Waals surface area contributed by atoms with Crippen LogP contribution in [0.2, 0.25) is 0 Å². The van der Waals surface area contributed by atoms with E-state index in [0.29, 0.717) is 13.0 Å². The Balaban J connectivity index is 2.04. The third kappa shape index (κ3) is 4.16. The van der Waals surface area contributed by atoms with Crippen LogP contribution in [-0.4, -0.2) is 36.3 Å². The molecule has 0 aliphatic heterocycles. The Labute approximate surface area is 145 Å². The monoisotopic (exact) mass is 330 g/mol. The largest absolute Gasteiger partial charge is 0.342 e. The molecule has 2 unspecified atom stereocenters. The minimum atomic E-state index is -0.144. The van der Waals surface area contributed by atoms with E-state index in [1.54, 1.807) is 0 Å². The topological polar surface area (TPSA) is 40.6 Å². The maximum Gasteiger partial charge on any atom is 0.230 e. The molecule has 1 fully saturated rings. The second kappa shape index (κ2) is 8.32. The zero-order valence-corrected chi connectivity index (χ0v) is 15.4. The van der Waals surface area contributed by atoms with Crippen molar-refractivity contribution >= 4 is 17.5 Å². The van der Waals surface area contributed by atoms with Crippen molar-refractivity contribution in [2.75, 3.05) is 24.5 Å².